The monoisotopic (exact) mass is 209 g/mol. The first-order valence-electron chi connectivity index (χ1n) is 5.17. The summed E-state index contributed by atoms with van der Waals surface area (Å²) in [4.78, 5) is 0. The molecule has 13 heavy (non-hydrogen) atoms. The maximum Gasteiger partial charge on any atom is 0 e. The van der Waals surface area contributed by atoms with Crippen LogP contribution in [0.5, 0.6) is 0 Å². The Morgan fingerprint density at radius 3 is 2.62 bits per heavy atom. The van der Waals surface area contributed by atoms with Gasteiger partial charge < -0.3 is 0 Å². The van der Waals surface area contributed by atoms with E-state index in [2.05, 4.69) is 19.9 Å². The predicted octanol–water partition coefficient (Wildman–Crippen LogP) is 3.64. The summed E-state index contributed by atoms with van der Waals surface area (Å²) >= 11 is 0. The zero-order valence-corrected chi connectivity index (χ0v) is 10.2. The molecule has 0 saturated heterocycles. The van der Waals surface area contributed by atoms with Gasteiger partial charge in [0.1, 0.15) is 0 Å². The van der Waals surface area contributed by atoms with E-state index >= 15 is 0 Å². The summed E-state index contributed by atoms with van der Waals surface area (Å²) < 4.78 is 0. The van der Waals surface area contributed by atoms with Gasteiger partial charge in [0, 0.05) is 21.7 Å². The van der Waals surface area contributed by atoms with E-state index < -0.39 is 0 Å². The summed E-state index contributed by atoms with van der Waals surface area (Å²) in [6.45, 7) is 4.59. The van der Waals surface area contributed by atoms with Crippen molar-refractivity contribution >= 4 is 0 Å². The molecule has 1 heteroatoms. The Balaban J connectivity index is 0.000000845. The van der Waals surface area contributed by atoms with Crippen LogP contribution in [0.3, 0.4) is 0 Å². The summed E-state index contributed by atoms with van der Waals surface area (Å²) in [5, 5.41) is 0. The van der Waals surface area contributed by atoms with Crippen molar-refractivity contribution < 1.29 is 21.7 Å². The molecule has 70 valence electrons. The van der Waals surface area contributed by atoms with Gasteiger partial charge >= 0.3 is 0 Å². The molecule has 2 rings (SSSR count). The van der Waals surface area contributed by atoms with Crippen molar-refractivity contribution in [3.8, 4) is 0 Å². The van der Waals surface area contributed by atoms with Gasteiger partial charge in [-0.05, 0) is 0 Å². The maximum absolute atomic E-state index is 3.59. The molecule has 1 atom stereocenters. The van der Waals surface area contributed by atoms with E-state index in [0.717, 1.165) is 5.92 Å². The van der Waals surface area contributed by atoms with Crippen molar-refractivity contribution in [3.63, 3.8) is 0 Å². The fraction of sp³-hybridized carbons (Fsp3) is 0.667. The predicted molar refractivity (Wildman–Crippen MR) is 51.7 cm³/mol. The maximum atomic E-state index is 3.59. The average Bonchev–Trinajstić information content (AvgIpc) is 2.44. The molecule has 0 heterocycles. The van der Waals surface area contributed by atoms with E-state index in [4.69, 9.17) is 0 Å². The molecule has 0 saturated carbocycles. The third kappa shape index (κ3) is 2.00. The van der Waals surface area contributed by atoms with Gasteiger partial charge in [-0.15, -0.1) is 0 Å². The van der Waals surface area contributed by atoms with E-state index in [0.29, 0.717) is 0 Å². The Bertz CT molecular complexity index is 248. The van der Waals surface area contributed by atoms with Gasteiger partial charge in [-0.25, -0.2) is 17.2 Å². The third-order valence-electron chi connectivity index (χ3n) is 3.25. The van der Waals surface area contributed by atoms with Gasteiger partial charge in [0.25, 0.3) is 0 Å². The number of hydrogen-bond donors (Lipinski definition) is 0. The van der Waals surface area contributed by atoms with Crippen LogP contribution in [0.4, 0.5) is 0 Å². The molecule has 0 radical (unpaired) electrons. The molecule has 0 N–H and O–H groups in total. The molecule has 0 aromatic rings. The zero-order valence-electron chi connectivity index (χ0n) is 8.61. The van der Waals surface area contributed by atoms with E-state index in [-0.39, 0.29) is 21.7 Å². The Labute approximate surface area is 96.4 Å². The van der Waals surface area contributed by atoms with E-state index in [9.17, 15) is 0 Å². The molecule has 2 aliphatic rings. The molecule has 0 fully saturated rings. The minimum Gasteiger partial charge on any atom is -0.249 e. The molecular weight excluding hydrogens is 192 g/mol. The molecular formula is C12H17Ti-. The third-order valence-corrected chi connectivity index (χ3v) is 3.25. The molecule has 0 spiro atoms. The van der Waals surface area contributed by atoms with Gasteiger partial charge in [-0.3, -0.25) is 0 Å². The standard InChI is InChI=1S/C12H17.Ti/c1-3-10-8-11-6-4-5-7-12(11)9(10)2;/h9H,3-7H2,1-2H3;/q-1;. The second-order valence-corrected chi connectivity index (χ2v) is 3.94. The minimum absolute atomic E-state index is 0. The van der Waals surface area contributed by atoms with Crippen LogP contribution in [0, 0.1) is 12.0 Å². The average molecular weight is 209 g/mol. The van der Waals surface area contributed by atoms with Crippen LogP contribution in [0.2, 0.25) is 0 Å². The van der Waals surface area contributed by atoms with Crippen LogP contribution in [-0.2, 0) is 21.7 Å². The molecule has 0 nitrogen and oxygen atoms in total. The molecule has 0 amide bonds. The van der Waals surface area contributed by atoms with Crippen molar-refractivity contribution in [2.24, 2.45) is 5.92 Å². The number of rotatable bonds is 1. The summed E-state index contributed by atoms with van der Waals surface area (Å²) in [6, 6.07) is 0. The number of hydrogen-bond acceptors (Lipinski definition) is 0. The van der Waals surface area contributed by atoms with Crippen LogP contribution in [-0.4, -0.2) is 0 Å². The van der Waals surface area contributed by atoms with Gasteiger partial charge in [-0.1, -0.05) is 51.9 Å². The Hall–Kier alpha value is 0.194. The quantitative estimate of drug-likeness (QED) is 0.456. The van der Waals surface area contributed by atoms with Gasteiger partial charge in [-0.2, -0.15) is 5.57 Å². The van der Waals surface area contributed by atoms with Crippen molar-refractivity contribution in [1.29, 1.82) is 0 Å². The largest absolute Gasteiger partial charge is 0.249 e. The summed E-state index contributed by atoms with van der Waals surface area (Å²) in [7, 11) is 0. The van der Waals surface area contributed by atoms with Crippen LogP contribution in [0.1, 0.15) is 46.0 Å². The molecule has 2 aliphatic carbocycles. The normalized spacial score (nSPS) is 26.6. The minimum atomic E-state index is 0. The summed E-state index contributed by atoms with van der Waals surface area (Å²) in [5.74, 6) is 0.727. The van der Waals surface area contributed by atoms with E-state index in [1.54, 1.807) is 16.7 Å². The second kappa shape index (κ2) is 4.62. The van der Waals surface area contributed by atoms with Crippen LogP contribution in [0.25, 0.3) is 0 Å². The van der Waals surface area contributed by atoms with Crippen LogP contribution < -0.4 is 0 Å². The van der Waals surface area contributed by atoms with Crippen molar-refractivity contribution in [3.05, 3.63) is 22.8 Å². The molecule has 0 aliphatic heterocycles. The van der Waals surface area contributed by atoms with Crippen LogP contribution >= 0.6 is 0 Å². The SMILES string of the molecule is CCC1=[C-]C2=C(CCCC2)C1C.[Ti]. The fourth-order valence-corrected chi connectivity index (χ4v) is 2.46. The van der Waals surface area contributed by atoms with Crippen molar-refractivity contribution in [2.45, 2.75) is 46.0 Å². The molecule has 1 unspecified atom stereocenters. The first kappa shape index (κ1) is 11.3. The topological polar surface area (TPSA) is 0 Å². The number of allylic oxidation sites excluding steroid dienone is 4. The van der Waals surface area contributed by atoms with Gasteiger partial charge in [0.15, 0.2) is 0 Å². The van der Waals surface area contributed by atoms with E-state index in [1.807, 2.05) is 0 Å². The summed E-state index contributed by atoms with van der Waals surface area (Å²) in [6.07, 6.45) is 10.2. The van der Waals surface area contributed by atoms with Gasteiger partial charge in [0.05, 0.1) is 0 Å². The Kier molecular flexibility index (Phi) is 4.00. The first-order valence-corrected chi connectivity index (χ1v) is 5.17. The fourth-order valence-electron chi connectivity index (χ4n) is 2.46. The first-order chi connectivity index (χ1) is 5.83. The molecule has 0 aromatic heterocycles. The Morgan fingerprint density at radius 2 is 2.00 bits per heavy atom. The smallest absolute Gasteiger partial charge is 0 e. The Morgan fingerprint density at radius 1 is 1.31 bits per heavy atom. The summed E-state index contributed by atoms with van der Waals surface area (Å²) in [5.41, 5.74) is 4.81. The molecule has 0 bridgehead atoms. The van der Waals surface area contributed by atoms with Crippen molar-refractivity contribution in [2.75, 3.05) is 0 Å². The van der Waals surface area contributed by atoms with Crippen molar-refractivity contribution in [1.82, 2.24) is 0 Å². The molecule has 0 aromatic carbocycles. The second-order valence-electron chi connectivity index (χ2n) is 3.94. The zero-order chi connectivity index (χ0) is 8.55. The van der Waals surface area contributed by atoms with Gasteiger partial charge in [0.2, 0.25) is 0 Å². The van der Waals surface area contributed by atoms with Crippen LogP contribution in [0.15, 0.2) is 16.7 Å². The van der Waals surface area contributed by atoms with E-state index in [1.165, 1.54) is 32.1 Å².